The highest BCUT2D eigenvalue weighted by Crippen LogP contribution is 2.26. The van der Waals surface area contributed by atoms with Crippen molar-refractivity contribution in [3.63, 3.8) is 0 Å². The van der Waals surface area contributed by atoms with Crippen LogP contribution in [0, 0.1) is 5.41 Å². The molecular weight excluding hydrogens is 388 g/mol. The van der Waals surface area contributed by atoms with Gasteiger partial charge in [-0.15, -0.1) is 0 Å². The van der Waals surface area contributed by atoms with Crippen LogP contribution in [0.4, 0.5) is 5.69 Å². The van der Waals surface area contributed by atoms with E-state index in [-0.39, 0.29) is 5.91 Å². The molecule has 158 valence electrons. The van der Waals surface area contributed by atoms with Gasteiger partial charge in [0, 0.05) is 41.7 Å². The lowest BCUT2D eigenvalue weighted by Gasteiger charge is -2.29. The fourth-order valence-electron chi connectivity index (χ4n) is 3.68. The van der Waals surface area contributed by atoms with Gasteiger partial charge in [-0.25, -0.2) is 0 Å². The van der Waals surface area contributed by atoms with Gasteiger partial charge in [0.1, 0.15) is 5.84 Å². The molecule has 31 heavy (non-hydrogen) atoms. The number of carbonyl (C=O) groups excluding carboxylic acids is 1. The Bertz CT molecular complexity index is 1060. The molecule has 6 heteroatoms. The first-order valence-electron chi connectivity index (χ1n) is 10.5. The van der Waals surface area contributed by atoms with Crippen LogP contribution in [0.3, 0.4) is 0 Å². The molecule has 0 aliphatic carbocycles. The Balaban J connectivity index is 1.49. The molecule has 2 N–H and O–H groups in total. The Morgan fingerprint density at radius 1 is 1.06 bits per heavy atom. The van der Waals surface area contributed by atoms with Crippen LogP contribution >= 0.6 is 0 Å². The molecule has 1 aliphatic heterocycles. The number of morpholine rings is 1. The highest BCUT2D eigenvalue weighted by molar-refractivity contribution is 6.05. The number of aryl methyl sites for hydroxylation is 1. The van der Waals surface area contributed by atoms with Crippen LogP contribution in [0.5, 0.6) is 0 Å². The largest absolute Gasteiger partial charge is 0.378 e. The van der Waals surface area contributed by atoms with E-state index in [9.17, 15) is 4.79 Å². The summed E-state index contributed by atoms with van der Waals surface area (Å²) in [7, 11) is 0. The van der Waals surface area contributed by atoms with Gasteiger partial charge in [0.25, 0.3) is 5.91 Å². The Morgan fingerprint density at radius 2 is 1.81 bits per heavy atom. The van der Waals surface area contributed by atoms with E-state index in [0.717, 1.165) is 28.9 Å². The van der Waals surface area contributed by atoms with Crippen molar-refractivity contribution in [3.05, 3.63) is 83.6 Å². The smallest absolute Gasteiger partial charge is 0.255 e. The Labute approximate surface area is 182 Å². The van der Waals surface area contributed by atoms with Crippen LogP contribution in [0.2, 0.25) is 0 Å². The van der Waals surface area contributed by atoms with Gasteiger partial charge in [-0.2, -0.15) is 0 Å². The van der Waals surface area contributed by atoms with Crippen molar-refractivity contribution in [2.75, 3.05) is 31.6 Å². The first-order valence-corrected chi connectivity index (χ1v) is 10.5. The molecule has 0 bridgehead atoms. The maximum absolute atomic E-state index is 12.8. The summed E-state index contributed by atoms with van der Waals surface area (Å²) in [4.78, 5) is 19.2. The number of hydrogen-bond acceptors (Lipinski definition) is 4. The van der Waals surface area contributed by atoms with E-state index >= 15 is 0 Å². The molecular formula is C25H26N4O2. The van der Waals surface area contributed by atoms with Crippen molar-refractivity contribution in [2.24, 2.45) is 0 Å². The minimum atomic E-state index is -0.180. The van der Waals surface area contributed by atoms with Crippen LogP contribution in [-0.4, -0.2) is 47.9 Å². The molecule has 1 aliphatic rings. The predicted octanol–water partition coefficient (Wildman–Crippen LogP) is 4.22. The number of rotatable bonds is 5. The van der Waals surface area contributed by atoms with E-state index in [4.69, 9.17) is 10.1 Å². The highest BCUT2D eigenvalue weighted by Gasteiger charge is 2.16. The monoisotopic (exact) mass is 414 g/mol. The van der Waals surface area contributed by atoms with Gasteiger partial charge in [0.15, 0.2) is 0 Å². The third kappa shape index (κ3) is 4.81. The number of ether oxygens (including phenoxy) is 1. The minimum absolute atomic E-state index is 0.180. The number of anilines is 1. The molecule has 1 saturated heterocycles. The lowest BCUT2D eigenvalue weighted by Crippen LogP contribution is -2.40. The number of amidine groups is 1. The van der Waals surface area contributed by atoms with Gasteiger partial charge >= 0.3 is 0 Å². The summed E-state index contributed by atoms with van der Waals surface area (Å²) in [6, 6.07) is 18.9. The second-order valence-electron chi connectivity index (χ2n) is 7.42. The summed E-state index contributed by atoms with van der Waals surface area (Å²) in [5.74, 6) is 0.283. The summed E-state index contributed by atoms with van der Waals surface area (Å²) in [6.07, 6.45) is 2.66. The van der Waals surface area contributed by atoms with E-state index in [1.807, 2.05) is 53.4 Å². The number of nitrogens with one attached hydrogen (secondary N) is 2. The van der Waals surface area contributed by atoms with Crippen molar-refractivity contribution in [3.8, 4) is 11.3 Å². The lowest BCUT2D eigenvalue weighted by atomic mass is 10.0. The highest BCUT2D eigenvalue weighted by atomic mass is 16.5. The molecule has 1 fully saturated rings. The Kier molecular flexibility index (Phi) is 6.38. The summed E-state index contributed by atoms with van der Waals surface area (Å²) in [6.45, 7) is 4.82. The third-order valence-corrected chi connectivity index (χ3v) is 5.44. The van der Waals surface area contributed by atoms with Gasteiger partial charge in [0.05, 0.1) is 18.9 Å². The van der Waals surface area contributed by atoms with Crippen LogP contribution in [0.1, 0.15) is 28.4 Å². The normalized spacial score (nSPS) is 13.6. The van der Waals surface area contributed by atoms with E-state index in [1.165, 1.54) is 5.56 Å². The summed E-state index contributed by atoms with van der Waals surface area (Å²) < 4.78 is 5.35. The standard InChI is InChI=1S/C25H26N4O2/c1-2-18-10-11-21(17-22(18)23-5-3-4-12-27-23)28-25(30)20-8-6-19(7-9-20)24(26)29-13-15-31-16-14-29/h3-12,17,26H,2,13-16H2,1H3,(H,28,30). The molecule has 0 atom stereocenters. The number of pyridine rings is 1. The molecule has 0 spiro atoms. The molecule has 2 heterocycles. The molecule has 1 amide bonds. The zero-order valence-electron chi connectivity index (χ0n) is 17.6. The van der Waals surface area contributed by atoms with Crippen LogP contribution in [0.15, 0.2) is 66.9 Å². The SMILES string of the molecule is CCc1ccc(NC(=O)c2ccc(C(=N)N3CCOCC3)cc2)cc1-c1ccccn1. The molecule has 0 unspecified atom stereocenters. The van der Waals surface area contributed by atoms with E-state index in [0.29, 0.717) is 37.7 Å². The summed E-state index contributed by atoms with van der Waals surface area (Å²) in [5.41, 5.74) is 5.17. The number of nitrogens with zero attached hydrogens (tertiary/aromatic N) is 2. The first kappa shape index (κ1) is 20.8. The average Bonchev–Trinajstić information content (AvgIpc) is 2.84. The fraction of sp³-hybridized carbons (Fsp3) is 0.240. The van der Waals surface area contributed by atoms with Crippen molar-refractivity contribution >= 4 is 17.4 Å². The lowest BCUT2D eigenvalue weighted by molar-refractivity contribution is 0.0680. The van der Waals surface area contributed by atoms with E-state index < -0.39 is 0 Å². The van der Waals surface area contributed by atoms with Crippen LogP contribution in [-0.2, 0) is 11.2 Å². The number of hydrogen-bond donors (Lipinski definition) is 2. The summed E-state index contributed by atoms with van der Waals surface area (Å²) >= 11 is 0. The van der Waals surface area contributed by atoms with Crippen molar-refractivity contribution in [2.45, 2.75) is 13.3 Å². The summed E-state index contributed by atoms with van der Waals surface area (Å²) in [5, 5.41) is 11.4. The average molecular weight is 415 g/mol. The molecule has 0 radical (unpaired) electrons. The number of aromatic nitrogens is 1. The number of benzene rings is 2. The topological polar surface area (TPSA) is 78.3 Å². The molecule has 3 aromatic rings. The second-order valence-corrected chi connectivity index (χ2v) is 7.42. The zero-order chi connectivity index (χ0) is 21.6. The first-order chi connectivity index (χ1) is 15.2. The second kappa shape index (κ2) is 9.53. The molecule has 2 aromatic carbocycles. The molecule has 4 rings (SSSR count). The molecule has 6 nitrogen and oxygen atoms in total. The third-order valence-electron chi connectivity index (χ3n) is 5.44. The van der Waals surface area contributed by atoms with Gasteiger partial charge in [-0.1, -0.05) is 31.2 Å². The Hall–Kier alpha value is -3.51. The number of amides is 1. The predicted molar refractivity (Wildman–Crippen MR) is 123 cm³/mol. The van der Waals surface area contributed by atoms with E-state index in [1.54, 1.807) is 18.3 Å². The Morgan fingerprint density at radius 3 is 2.48 bits per heavy atom. The van der Waals surface area contributed by atoms with Gasteiger partial charge < -0.3 is 15.0 Å². The van der Waals surface area contributed by atoms with E-state index in [2.05, 4.69) is 17.2 Å². The van der Waals surface area contributed by atoms with Crippen LogP contribution in [0.25, 0.3) is 11.3 Å². The quantitative estimate of drug-likeness (QED) is 0.484. The van der Waals surface area contributed by atoms with Crippen molar-refractivity contribution in [1.82, 2.24) is 9.88 Å². The zero-order valence-corrected chi connectivity index (χ0v) is 17.6. The van der Waals surface area contributed by atoms with Crippen LogP contribution < -0.4 is 5.32 Å². The van der Waals surface area contributed by atoms with Crippen molar-refractivity contribution in [1.29, 1.82) is 5.41 Å². The maximum Gasteiger partial charge on any atom is 0.255 e. The van der Waals surface area contributed by atoms with Crippen molar-refractivity contribution < 1.29 is 9.53 Å². The van der Waals surface area contributed by atoms with Gasteiger partial charge in [-0.05, 0) is 48.4 Å². The van der Waals surface area contributed by atoms with Gasteiger partial charge in [0.2, 0.25) is 0 Å². The maximum atomic E-state index is 12.8. The fourth-order valence-corrected chi connectivity index (χ4v) is 3.68. The number of carbonyl (C=O) groups is 1. The molecule has 1 aromatic heterocycles. The minimum Gasteiger partial charge on any atom is -0.378 e. The van der Waals surface area contributed by atoms with Gasteiger partial charge in [-0.3, -0.25) is 15.2 Å². The molecule has 0 saturated carbocycles.